The van der Waals surface area contributed by atoms with Crippen molar-refractivity contribution in [3.8, 4) is 0 Å². The summed E-state index contributed by atoms with van der Waals surface area (Å²) in [6.07, 6.45) is 0.809. The maximum absolute atomic E-state index is 10.5. The summed E-state index contributed by atoms with van der Waals surface area (Å²) in [5.41, 5.74) is 2.39. The van der Waals surface area contributed by atoms with Crippen molar-refractivity contribution < 1.29 is 5.11 Å². The molecule has 2 heteroatoms. The molecule has 0 saturated carbocycles. The molecule has 1 N–H and O–H groups in total. The Morgan fingerprint density at radius 2 is 1.20 bits per heavy atom. The van der Waals surface area contributed by atoms with Crippen LogP contribution in [0, 0.1) is 0 Å². The summed E-state index contributed by atoms with van der Waals surface area (Å²) >= 11 is 0. The SMILES string of the molecule is C[Si](C)(C)C(O)CC(c1ccccc1)c1ccccc1. The van der Waals surface area contributed by atoms with Gasteiger partial charge in [-0.2, -0.15) is 0 Å². The fraction of sp³-hybridized carbons (Fsp3) is 0.333. The van der Waals surface area contributed by atoms with Gasteiger partial charge in [0.25, 0.3) is 0 Å². The quantitative estimate of drug-likeness (QED) is 0.804. The highest BCUT2D eigenvalue weighted by Gasteiger charge is 2.28. The van der Waals surface area contributed by atoms with E-state index in [9.17, 15) is 5.11 Å². The van der Waals surface area contributed by atoms with E-state index in [2.05, 4.69) is 68.2 Å². The molecule has 0 amide bonds. The van der Waals surface area contributed by atoms with Crippen molar-refractivity contribution in [2.45, 2.75) is 37.7 Å². The fourth-order valence-corrected chi connectivity index (χ4v) is 3.35. The largest absolute Gasteiger partial charge is 0.397 e. The van der Waals surface area contributed by atoms with Crippen LogP contribution in [0.5, 0.6) is 0 Å². The maximum atomic E-state index is 10.5. The molecule has 106 valence electrons. The third-order valence-electron chi connectivity index (χ3n) is 3.86. The molecule has 0 spiro atoms. The lowest BCUT2D eigenvalue weighted by atomic mass is 9.89. The van der Waals surface area contributed by atoms with E-state index in [0.29, 0.717) is 0 Å². The highest BCUT2D eigenvalue weighted by Crippen LogP contribution is 2.31. The Bertz CT molecular complexity index is 477. The van der Waals surface area contributed by atoms with E-state index in [0.717, 1.165) is 6.42 Å². The third kappa shape index (κ3) is 3.81. The molecule has 1 unspecified atom stereocenters. The Morgan fingerprint density at radius 3 is 1.55 bits per heavy atom. The minimum absolute atomic E-state index is 0.187. The monoisotopic (exact) mass is 284 g/mol. The van der Waals surface area contributed by atoms with Gasteiger partial charge >= 0.3 is 0 Å². The Kier molecular flexibility index (Phi) is 4.79. The molecule has 0 aromatic heterocycles. The van der Waals surface area contributed by atoms with Crippen LogP contribution in [0.1, 0.15) is 23.5 Å². The molecular weight excluding hydrogens is 260 g/mol. The first-order valence-corrected chi connectivity index (χ1v) is 10.8. The van der Waals surface area contributed by atoms with Crippen LogP contribution in [0.15, 0.2) is 60.7 Å². The molecule has 0 bridgehead atoms. The van der Waals surface area contributed by atoms with Crippen molar-refractivity contribution in [2.75, 3.05) is 0 Å². The zero-order valence-electron chi connectivity index (χ0n) is 12.6. The van der Waals surface area contributed by atoms with Crippen LogP contribution in [-0.2, 0) is 0 Å². The average molecular weight is 284 g/mol. The van der Waals surface area contributed by atoms with Crippen LogP contribution < -0.4 is 0 Å². The van der Waals surface area contributed by atoms with Crippen molar-refractivity contribution in [3.05, 3.63) is 71.8 Å². The highest BCUT2D eigenvalue weighted by molar-refractivity contribution is 6.77. The molecule has 0 heterocycles. The van der Waals surface area contributed by atoms with E-state index in [1.807, 2.05) is 12.1 Å². The van der Waals surface area contributed by atoms with Crippen molar-refractivity contribution >= 4 is 8.07 Å². The molecule has 2 rings (SSSR count). The molecule has 0 aliphatic carbocycles. The molecule has 0 saturated heterocycles. The highest BCUT2D eigenvalue weighted by atomic mass is 28.3. The van der Waals surface area contributed by atoms with Gasteiger partial charge in [-0.25, -0.2) is 0 Å². The molecule has 2 aromatic carbocycles. The molecule has 2 aromatic rings. The molecule has 1 nitrogen and oxygen atoms in total. The predicted molar refractivity (Wildman–Crippen MR) is 88.7 cm³/mol. The Morgan fingerprint density at radius 1 is 0.800 bits per heavy atom. The molecule has 0 fully saturated rings. The summed E-state index contributed by atoms with van der Waals surface area (Å²) in [5.74, 6) is 0.277. The number of benzene rings is 2. The average Bonchev–Trinajstić information content (AvgIpc) is 2.45. The van der Waals surface area contributed by atoms with Gasteiger partial charge < -0.3 is 5.11 Å². The van der Waals surface area contributed by atoms with Crippen LogP contribution in [-0.4, -0.2) is 18.9 Å². The van der Waals surface area contributed by atoms with E-state index in [-0.39, 0.29) is 11.6 Å². The van der Waals surface area contributed by atoms with Gasteiger partial charge in [-0.1, -0.05) is 80.3 Å². The zero-order valence-corrected chi connectivity index (χ0v) is 13.6. The van der Waals surface area contributed by atoms with Gasteiger partial charge in [0.15, 0.2) is 0 Å². The molecule has 20 heavy (non-hydrogen) atoms. The molecule has 0 radical (unpaired) electrons. The summed E-state index contributed by atoms with van der Waals surface area (Å²) in [6.45, 7) is 6.68. The summed E-state index contributed by atoms with van der Waals surface area (Å²) in [7, 11) is -1.53. The first-order valence-electron chi connectivity index (χ1n) is 7.26. The zero-order chi connectivity index (χ0) is 14.6. The second kappa shape index (κ2) is 6.38. The minimum atomic E-state index is -1.53. The van der Waals surface area contributed by atoms with Crippen LogP contribution in [0.2, 0.25) is 19.6 Å². The predicted octanol–water partition coefficient (Wildman–Crippen LogP) is 4.45. The minimum Gasteiger partial charge on any atom is -0.397 e. The van der Waals surface area contributed by atoms with E-state index in [1.54, 1.807) is 0 Å². The van der Waals surface area contributed by atoms with Gasteiger partial charge in [0.1, 0.15) is 0 Å². The lowest BCUT2D eigenvalue weighted by Gasteiger charge is -2.28. The molecule has 0 aliphatic rings. The topological polar surface area (TPSA) is 20.2 Å². The van der Waals surface area contributed by atoms with Crippen molar-refractivity contribution in [3.63, 3.8) is 0 Å². The Labute approximate surface area is 123 Å². The van der Waals surface area contributed by atoms with Crippen LogP contribution in [0.25, 0.3) is 0 Å². The maximum Gasteiger partial charge on any atom is 0.0782 e. The second-order valence-corrected chi connectivity index (χ2v) is 11.9. The van der Waals surface area contributed by atoms with Gasteiger partial charge in [0.2, 0.25) is 0 Å². The number of aliphatic hydroxyl groups excluding tert-OH is 1. The standard InChI is InChI=1S/C18H24OSi/c1-20(2,3)18(19)14-17(15-10-6-4-7-11-15)16-12-8-5-9-13-16/h4-13,17-19H,14H2,1-3H3. The molecular formula is C18H24OSi. The first-order chi connectivity index (χ1) is 9.48. The second-order valence-electron chi connectivity index (χ2n) is 6.49. The van der Waals surface area contributed by atoms with Crippen LogP contribution in [0.3, 0.4) is 0 Å². The van der Waals surface area contributed by atoms with E-state index in [1.165, 1.54) is 11.1 Å². The number of hydrogen-bond donors (Lipinski definition) is 1. The van der Waals surface area contributed by atoms with Gasteiger partial charge in [0, 0.05) is 11.6 Å². The van der Waals surface area contributed by atoms with E-state index >= 15 is 0 Å². The number of aliphatic hydroxyl groups is 1. The van der Waals surface area contributed by atoms with Gasteiger partial charge in [-0.15, -0.1) is 0 Å². The van der Waals surface area contributed by atoms with Crippen molar-refractivity contribution in [1.82, 2.24) is 0 Å². The normalized spacial score (nSPS) is 13.4. The lowest BCUT2D eigenvalue weighted by molar-refractivity contribution is 0.227. The van der Waals surface area contributed by atoms with Crippen LogP contribution >= 0.6 is 0 Å². The summed E-state index contributed by atoms with van der Waals surface area (Å²) in [4.78, 5) is 0. The van der Waals surface area contributed by atoms with Crippen LogP contribution in [0.4, 0.5) is 0 Å². The number of rotatable bonds is 5. The number of hydrogen-bond acceptors (Lipinski definition) is 1. The Hall–Kier alpha value is -1.38. The van der Waals surface area contributed by atoms with Gasteiger partial charge in [-0.05, 0) is 17.5 Å². The van der Waals surface area contributed by atoms with Crippen molar-refractivity contribution in [2.24, 2.45) is 0 Å². The summed E-state index contributed by atoms with van der Waals surface area (Å²) in [5, 5.41) is 10.5. The smallest absolute Gasteiger partial charge is 0.0782 e. The molecule has 1 atom stereocenters. The fourth-order valence-electron chi connectivity index (χ4n) is 2.41. The van der Waals surface area contributed by atoms with Gasteiger partial charge in [-0.3, -0.25) is 0 Å². The van der Waals surface area contributed by atoms with Crippen molar-refractivity contribution in [1.29, 1.82) is 0 Å². The summed E-state index contributed by atoms with van der Waals surface area (Å²) in [6, 6.07) is 21.0. The lowest BCUT2D eigenvalue weighted by Crippen LogP contribution is -2.39. The first kappa shape index (κ1) is 15.0. The molecule has 0 aliphatic heterocycles. The van der Waals surface area contributed by atoms with E-state index < -0.39 is 8.07 Å². The third-order valence-corrected chi connectivity index (χ3v) is 6.10. The summed E-state index contributed by atoms with van der Waals surface area (Å²) < 4.78 is 0. The van der Waals surface area contributed by atoms with Gasteiger partial charge in [0.05, 0.1) is 8.07 Å². The van der Waals surface area contributed by atoms with E-state index in [4.69, 9.17) is 0 Å². The Balaban J connectivity index is 2.31.